The van der Waals surface area contributed by atoms with E-state index in [1.54, 1.807) is 7.11 Å². The Morgan fingerprint density at radius 2 is 2.05 bits per heavy atom. The molecule has 2 heterocycles. The van der Waals surface area contributed by atoms with Crippen LogP contribution in [0.5, 0.6) is 0 Å². The molecule has 0 saturated carbocycles. The van der Waals surface area contributed by atoms with Gasteiger partial charge in [-0.2, -0.15) is 0 Å². The summed E-state index contributed by atoms with van der Waals surface area (Å²) in [6, 6.07) is 0. The van der Waals surface area contributed by atoms with Crippen LogP contribution in [0.4, 0.5) is 0 Å². The van der Waals surface area contributed by atoms with Crippen molar-refractivity contribution in [2.75, 3.05) is 46.5 Å². The Labute approximate surface area is 134 Å². The van der Waals surface area contributed by atoms with Gasteiger partial charge in [0, 0.05) is 37.6 Å². The first kappa shape index (κ1) is 17.7. The Balaban J connectivity index is 2.00. The highest BCUT2D eigenvalue weighted by atomic mass is 16.5. The number of amides is 1. The van der Waals surface area contributed by atoms with Crippen LogP contribution < -0.4 is 5.32 Å². The number of nitrogens with one attached hydrogen (secondary N) is 1. The van der Waals surface area contributed by atoms with E-state index in [1.165, 1.54) is 0 Å². The SMILES string of the molecule is COCCC[C@]1(CO)CCCN(C(=O)C2(C)CCNCC2)C1. The lowest BCUT2D eigenvalue weighted by Gasteiger charge is -2.45. The molecule has 0 radical (unpaired) electrons. The van der Waals surface area contributed by atoms with E-state index in [2.05, 4.69) is 12.2 Å². The van der Waals surface area contributed by atoms with E-state index in [0.717, 1.165) is 64.8 Å². The molecule has 2 N–H and O–H groups in total. The molecule has 1 atom stereocenters. The molecular weight excluding hydrogens is 280 g/mol. The number of carbonyl (C=O) groups is 1. The van der Waals surface area contributed by atoms with Gasteiger partial charge in [0.25, 0.3) is 0 Å². The molecule has 0 spiro atoms. The number of ether oxygens (including phenoxy) is 1. The summed E-state index contributed by atoms with van der Waals surface area (Å²) in [5, 5.41) is 13.3. The molecular formula is C17H32N2O3. The lowest BCUT2D eigenvalue weighted by atomic mass is 9.74. The zero-order valence-corrected chi connectivity index (χ0v) is 14.2. The largest absolute Gasteiger partial charge is 0.396 e. The van der Waals surface area contributed by atoms with Crippen LogP contribution in [0.1, 0.15) is 45.4 Å². The number of piperidine rings is 2. The standard InChI is InChI=1S/C17H32N2O3/c1-16(7-9-18-10-8-16)15(21)19-11-3-5-17(13-19,14-20)6-4-12-22-2/h18,20H,3-14H2,1-2H3/t17-/m1/s1. The van der Waals surface area contributed by atoms with Crippen molar-refractivity contribution in [1.29, 1.82) is 0 Å². The third-order valence-electron chi connectivity index (χ3n) is 5.56. The fourth-order valence-corrected chi connectivity index (χ4v) is 3.96. The summed E-state index contributed by atoms with van der Waals surface area (Å²) in [4.78, 5) is 15.0. The normalized spacial score (nSPS) is 28.6. The Kier molecular flexibility index (Phi) is 6.24. The molecule has 2 fully saturated rings. The van der Waals surface area contributed by atoms with E-state index in [0.29, 0.717) is 12.5 Å². The van der Waals surface area contributed by atoms with Gasteiger partial charge in [-0.15, -0.1) is 0 Å². The molecule has 2 rings (SSSR count). The van der Waals surface area contributed by atoms with Crippen LogP contribution in [0.25, 0.3) is 0 Å². The zero-order valence-electron chi connectivity index (χ0n) is 14.2. The molecule has 0 aromatic rings. The Morgan fingerprint density at radius 1 is 1.32 bits per heavy atom. The van der Waals surface area contributed by atoms with Crippen LogP contribution in [0, 0.1) is 10.8 Å². The fraction of sp³-hybridized carbons (Fsp3) is 0.941. The number of nitrogens with zero attached hydrogens (tertiary/aromatic N) is 1. The minimum absolute atomic E-state index is 0.129. The number of methoxy groups -OCH3 is 1. The molecule has 2 aliphatic rings. The quantitative estimate of drug-likeness (QED) is 0.728. The van der Waals surface area contributed by atoms with Crippen LogP contribution in [-0.4, -0.2) is 62.4 Å². The third kappa shape index (κ3) is 4.00. The second kappa shape index (κ2) is 7.75. The minimum atomic E-state index is -0.226. The predicted octanol–water partition coefficient (Wildman–Crippen LogP) is 1.40. The molecule has 0 aromatic heterocycles. The maximum absolute atomic E-state index is 13.0. The average molecular weight is 312 g/mol. The molecule has 5 heteroatoms. The fourth-order valence-electron chi connectivity index (χ4n) is 3.96. The summed E-state index contributed by atoms with van der Waals surface area (Å²) in [5.41, 5.74) is -0.355. The summed E-state index contributed by atoms with van der Waals surface area (Å²) >= 11 is 0. The highest BCUT2D eigenvalue weighted by Crippen LogP contribution is 2.38. The summed E-state index contributed by atoms with van der Waals surface area (Å²) in [6.07, 6.45) is 5.71. The predicted molar refractivity (Wildman–Crippen MR) is 86.7 cm³/mol. The first-order valence-electron chi connectivity index (χ1n) is 8.65. The lowest BCUT2D eigenvalue weighted by molar-refractivity contribution is -0.147. The van der Waals surface area contributed by atoms with Gasteiger partial charge in [-0.1, -0.05) is 6.92 Å². The highest BCUT2D eigenvalue weighted by molar-refractivity contribution is 5.82. The van der Waals surface area contributed by atoms with E-state index in [1.807, 2.05) is 4.90 Å². The van der Waals surface area contributed by atoms with E-state index in [9.17, 15) is 9.90 Å². The summed E-state index contributed by atoms with van der Waals surface area (Å²) in [7, 11) is 1.71. The molecule has 0 unspecified atom stereocenters. The molecule has 0 bridgehead atoms. The van der Waals surface area contributed by atoms with Crippen LogP contribution in [0.3, 0.4) is 0 Å². The van der Waals surface area contributed by atoms with E-state index >= 15 is 0 Å². The highest BCUT2D eigenvalue weighted by Gasteiger charge is 2.42. The molecule has 0 aliphatic carbocycles. The van der Waals surface area contributed by atoms with Gasteiger partial charge >= 0.3 is 0 Å². The molecule has 0 aromatic carbocycles. The van der Waals surface area contributed by atoms with E-state index < -0.39 is 0 Å². The Bertz CT molecular complexity index is 369. The van der Waals surface area contributed by atoms with Crippen molar-refractivity contribution in [1.82, 2.24) is 10.2 Å². The lowest BCUT2D eigenvalue weighted by Crippen LogP contribution is -2.54. The van der Waals surface area contributed by atoms with E-state index in [4.69, 9.17) is 4.74 Å². The number of hydrogen-bond donors (Lipinski definition) is 2. The summed E-state index contributed by atoms with van der Waals surface area (Å²) < 4.78 is 5.14. The Morgan fingerprint density at radius 3 is 2.68 bits per heavy atom. The van der Waals surface area contributed by atoms with Crippen LogP contribution in [-0.2, 0) is 9.53 Å². The van der Waals surface area contributed by atoms with Crippen LogP contribution in [0.15, 0.2) is 0 Å². The van der Waals surface area contributed by atoms with Gasteiger partial charge < -0.3 is 20.1 Å². The van der Waals surface area contributed by atoms with Gasteiger partial charge in [-0.05, 0) is 51.6 Å². The second-order valence-corrected chi connectivity index (χ2v) is 7.40. The van der Waals surface area contributed by atoms with Crippen molar-refractivity contribution >= 4 is 5.91 Å². The van der Waals surface area contributed by atoms with Crippen molar-refractivity contribution in [3.8, 4) is 0 Å². The molecule has 128 valence electrons. The first-order chi connectivity index (χ1) is 10.6. The molecule has 1 amide bonds. The van der Waals surface area contributed by atoms with Gasteiger partial charge in [0.05, 0.1) is 6.61 Å². The van der Waals surface area contributed by atoms with Crippen molar-refractivity contribution < 1.29 is 14.6 Å². The van der Waals surface area contributed by atoms with E-state index in [-0.39, 0.29) is 17.4 Å². The van der Waals surface area contributed by atoms with Gasteiger partial charge in [-0.25, -0.2) is 0 Å². The van der Waals surface area contributed by atoms with Gasteiger partial charge in [-0.3, -0.25) is 4.79 Å². The molecule has 5 nitrogen and oxygen atoms in total. The smallest absolute Gasteiger partial charge is 0.228 e. The number of likely N-dealkylation sites (tertiary alicyclic amines) is 1. The van der Waals surface area contributed by atoms with Crippen LogP contribution >= 0.6 is 0 Å². The van der Waals surface area contributed by atoms with Gasteiger partial charge in [0.15, 0.2) is 0 Å². The number of rotatable bonds is 6. The van der Waals surface area contributed by atoms with Crippen molar-refractivity contribution in [2.24, 2.45) is 10.8 Å². The van der Waals surface area contributed by atoms with Gasteiger partial charge in [0.2, 0.25) is 5.91 Å². The van der Waals surface area contributed by atoms with Crippen LogP contribution in [0.2, 0.25) is 0 Å². The average Bonchev–Trinajstić information content (AvgIpc) is 2.55. The first-order valence-corrected chi connectivity index (χ1v) is 8.65. The Hall–Kier alpha value is -0.650. The molecule has 2 aliphatic heterocycles. The number of aliphatic hydroxyl groups is 1. The van der Waals surface area contributed by atoms with Crippen molar-refractivity contribution in [3.05, 3.63) is 0 Å². The topological polar surface area (TPSA) is 61.8 Å². The van der Waals surface area contributed by atoms with Gasteiger partial charge in [0.1, 0.15) is 0 Å². The maximum atomic E-state index is 13.0. The summed E-state index contributed by atoms with van der Waals surface area (Å²) in [6.45, 7) is 6.39. The van der Waals surface area contributed by atoms with Crippen molar-refractivity contribution in [3.63, 3.8) is 0 Å². The zero-order chi connectivity index (χ0) is 16.1. The monoisotopic (exact) mass is 312 g/mol. The van der Waals surface area contributed by atoms with Crippen molar-refractivity contribution in [2.45, 2.75) is 45.4 Å². The number of aliphatic hydroxyl groups excluding tert-OH is 1. The minimum Gasteiger partial charge on any atom is -0.396 e. The number of hydrogen-bond acceptors (Lipinski definition) is 4. The summed E-state index contributed by atoms with van der Waals surface area (Å²) in [5.74, 6) is 0.290. The third-order valence-corrected chi connectivity index (χ3v) is 5.56. The second-order valence-electron chi connectivity index (χ2n) is 7.40. The number of carbonyl (C=O) groups excluding carboxylic acids is 1. The molecule has 22 heavy (non-hydrogen) atoms. The molecule has 2 saturated heterocycles. The maximum Gasteiger partial charge on any atom is 0.228 e.